The van der Waals surface area contributed by atoms with Crippen LogP contribution >= 0.6 is 22.9 Å². The van der Waals surface area contributed by atoms with Crippen LogP contribution in [0.2, 0.25) is 5.02 Å². The summed E-state index contributed by atoms with van der Waals surface area (Å²) in [6.45, 7) is 1.88. The summed E-state index contributed by atoms with van der Waals surface area (Å²) in [5.41, 5.74) is 2.32. The van der Waals surface area contributed by atoms with Gasteiger partial charge < -0.3 is 10.2 Å². The van der Waals surface area contributed by atoms with Gasteiger partial charge >= 0.3 is 0 Å². The Hall–Kier alpha value is -2.78. The van der Waals surface area contributed by atoms with Gasteiger partial charge in [0, 0.05) is 59.5 Å². The number of hydrogen-bond acceptors (Lipinski definition) is 5. The average molecular weight is 488 g/mol. The summed E-state index contributed by atoms with van der Waals surface area (Å²) in [6, 6.07) is 4.40. The Labute approximate surface area is 199 Å². The van der Waals surface area contributed by atoms with E-state index in [-0.39, 0.29) is 35.4 Å². The summed E-state index contributed by atoms with van der Waals surface area (Å²) in [4.78, 5) is 31.9. The van der Waals surface area contributed by atoms with E-state index in [4.69, 9.17) is 11.6 Å². The van der Waals surface area contributed by atoms with Crippen LogP contribution < -0.4 is 5.32 Å². The van der Waals surface area contributed by atoms with Crippen LogP contribution in [0, 0.1) is 11.7 Å². The normalized spacial score (nSPS) is 15.4. The second-order valence-electron chi connectivity index (χ2n) is 8.45. The van der Waals surface area contributed by atoms with E-state index in [9.17, 15) is 14.0 Å². The molecule has 0 atom stereocenters. The Kier molecular flexibility index (Phi) is 6.16. The fourth-order valence-electron chi connectivity index (χ4n) is 4.13. The summed E-state index contributed by atoms with van der Waals surface area (Å²) >= 11 is 7.59. The topological polar surface area (TPSA) is 80.1 Å². The van der Waals surface area contributed by atoms with E-state index in [0.717, 1.165) is 22.8 Å². The van der Waals surface area contributed by atoms with Crippen LogP contribution in [0.1, 0.15) is 45.2 Å². The minimum absolute atomic E-state index is 0.122. The smallest absolute Gasteiger partial charge is 0.272 e. The minimum atomic E-state index is -0.493. The van der Waals surface area contributed by atoms with Gasteiger partial charge in [-0.15, -0.1) is 11.3 Å². The molecule has 1 saturated carbocycles. The molecule has 0 bridgehead atoms. The molecule has 0 radical (unpaired) electrons. The van der Waals surface area contributed by atoms with Crippen molar-refractivity contribution >= 4 is 34.8 Å². The van der Waals surface area contributed by atoms with E-state index in [1.54, 1.807) is 17.2 Å². The van der Waals surface area contributed by atoms with Crippen LogP contribution in [0.25, 0.3) is 0 Å². The Bertz CT molecular complexity index is 1170. The summed E-state index contributed by atoms with van der Waals surface area (Å²) in [5.74, 6) is -0.393. The number of amides is 2. The highest BCUT2D eigenvalue weighted by Crippen LogP contribution is 2.33. The lowest BCUT2D eigenvalue weighted by atomic mass is 10.0. The Morgan fingerprint density at radius 3 is 2.88 bits per heavy atom. The van der Waals surface area contributed by atoms with Crippen molar-refractivity contribution in [3.63, 3.8) is 0 Å². The second kappa shape index (κ2) is 9.23. The van der Waals surface area contributed by atoms with Gasteiger partial charge in [0.1, 0.15) is 10.8 Å². The van der Waals surface area contributed by atoms with Gasteiger partial charge in [-0.1, -0.05) is 17.7 Å². The molecule has 1 fully saturated rings. The third kappa shape index (κ3) is 4.79. The first-order valence-electron chi connectivity index (χ1n) is 11.0. The maximum atomic E-state index is 14.2. The van der Waals surface area contributed by atoms with Crippen molar-refractivity contribution in [3.8, 4) is 0 Å². The molecule has 10 heteroatoms. The zero-order valence-corrected chi connectivity index (χ0v) is 19.5. The summed E-state index contributed by atoms with van der Waals surface area (Å²) in [6.07, 6.45) is 4.53. The molecule has 172 valence electrons. The molecule has 1 aliphatic heterocycles. The Balaban J connectivity index is 1.36. The average Bonchev–Trinajstić information content (AvgIpc) is 3.33. The number of halogens is 2. The van der Waals surface area contributed by atoms with E-state index >= 15 is 0 Å². The molecule has 3 heterocycles. The largest absolute Gasteiger partial charge is 0.344 e. The quantitative estimate of drug-likeness (QED) is 0.552. The SMILES string of the molecule is O=C(NCc1nccs1)c1nn(CC2CC2)c2c1CN(C(=O)Cc1c(F)cccc1Cl)CC2. The molecule has 0 spiro atoms. The van der Waals surface area contributed by atoms with E-state index < -0.39 is 5.82 Å². The van der Waals surface area contributed by atoms with Crippen LogP contribution in [0.15, 0.2) is 29.8 Å². The van der Waals surface area contributed by atoms with Crippen molar-refractivity contribution in [1.29, 1.82) is 0 Å². The summed E-state index contributed by atoms with van der Waals surface area (Å²) < 4.78 is 16.1. The number of hydrogen-bond donors (Lipinski definition) is 1. The maximum absolute atomic E-state index is 14.2. The van der Waals surface area contributed by atoms with Gasteiger partial charge in [0.2, 0.25) is 5.91 Å². The van der Waals surface area contributed by atoms with Gasteiger partial charge in [-0.05, 0) is 30.9 Å². The van der Waals surface area contributed by atoms with Crippen molar-refractivity contribution < 1.29 is 14.0 Å². The molecule has 33 heavy (non-hydrogen) atoms. The van der Waals surface area contributed by atoms with Crippen LogP contribution in [0.5, 0.6) is 0 Å². The number of benzene rings is 1. The number of thiazole rings is 1. The zero-order valence-electron chi connectivity index (χ0n) is 17.9. The zero-order chi connectivity index (χ0) is 22.9. The predicted molar refractivity (Wildman–Crippen MR) is 122 cm³/mol. The van der Waals surface area contributed by atoms with Gasteiger partial charge in [0.05, 0.1) is 13.0 Å². The van der Waals surface area contributed by atoms with Crippen LogP contribution in [-0.2, 0) is 37.3 Å². The summed E-state index contributed by atoms with van der Waals surface area (Å²) in [5, 5.41) is 10.5. The number of carbonyl (C=O) groups excluding carboxylic acids is 2. The number of rotatable bonds is 7. The van der Waals surface area contributed by atoms with Crippen molar-refractivity contribution in [2.24, 2.45) is 5.92 Å². The van der Waals surface area contributed by atoms with Gasteiger partial charge in [-0.3, -0.25) is 14.3 Å². The molecule has 2 amide bonds. The third-order valence-corrected chi connectivity index (χ3v) is 7.24. The van der Waals surface area contributed by atoms with Crippen molar-refractivity contribution in [2.45, 2.75) is 45.3 Å². The number of nitrogens with one attached hydrogen (secondary N) is 1. The lowest BCUT2D eigenvalue weighted by Gasteiger charge is -2.28. The first-order chi connectivity index (χ1) is 16.0. The van der Waals surface area contributed by atoms with Crippen LogP contribution in [-0.4, -0.2) is 38.0 Å². The number of nitrogens with zero attached hydrogens (tertiary/aromatic N) is 4. The minimum Gasteiger partial charge on any atom is -0.344 e. The number of fused-ring (bicyclic) bond motifs is 1. The lowest BCUT2D eigenvalue weighted by Crippen LogP contribution is -2.38. The molecule has 1 aliphatic carbocycles. The number of carbonyl (C=O) groups is 2. The van der Waals surface area contributed by atoms with Gasteiger partial charge in [0.15, 0.2) is 5.69 Å². The first kappa shape index (κ1) is 22.0. The van der Waals surface area contributed by atoms with Gasteiger partial charge in [-0.2, -0.15) is 5.10 Å². The van der Waals surface area contributed by atoms with Crippen molar-refractivity contribution in [1.82, 2.24) is 25.0 Å². The van der Waals surface area contributed by atoms with Crippen molar-refractivity contribution in [3.05, 3.63) is 68.1 Å². The van der Waals surface area contributed by atoms with E-state index in [1.807, 2.05) is 10.1 Å². The molecule has 1 N–H and O–H groups in total. The molecule has 3 aromatic rings. The molecule has 1 aromatic carbocycles. The molecule has 0 saturated heterocycles. The summed E-state index contributed by atoms with van der Waals surface area (Å²) in [7, 11) is 0. The van der Waals surface area contributed by atoms with Crippen LogP contribution in [0.4, 0.5) is 4.39 Å². The Morgan fingerprint density at radius 2 is 2.15 bits per heavy atom. The molecule has 2 aliphatic rings. The van der Waals surface area contributed by atoms with E-state index in [2.05, 4.69) is 15.4 Å². The molecule has 0 unspecified atom stereocenters. The molecule has 5 rings (SSSR count). The molecular weight excluding hydrogens is 465 g/mol. The van der Waals surface area contributed by atoms with Gasteiger partial charge in [0.25, 0.3) is 5.91 Å². The third-order valence-electron chi connectivity index (χ3n) is 6.10. The molecule has 7 nitrogen and oxygen atoms in total. The van der Waals surface area contributed by atoms with E-state index in [0.29, 0.717) is 31.1 Å². The second-order valence-corrected chi connectivity index (χ2v) is 9.84. The fourth-order valence-corrected chi connectivity index (χ4v) is 4.91. The maximum Gasteiger partial charge on any atom is 0.272 e. The highest BCUT2D eigenvalue weighted by atomic mass is 35.5. The Morgan fingerprint density at radius 1 is 1.30 bits per heavy atom. The lowest BCUT2D eigenvalue weighted by molar-refractivity contribution is -0.131. The highest BCUT2D eigenvalue weighted by Gasteiger charge is 2.32. The number of aromatic nitrogens is 3. The molecule has 2 aromatic heterocycles. The van der Waals surface area contributed by atoms with E-state index in [1.165, 1.54) is 36.3 Å². The highest BCUT2D eigenvalue weighted by molar-refractivity contribution is 7.09. The molecular formula is C23H23ClFN5O2S. The van der Waals surface area contributed by atoms with Crippen molar-refractivity contribution in [2.75, 3.05) is 6.54 Å². The first-order valence-corrected chi connectivity index (χ1v) is 12.2. The van der Waals surface area contributed by atoms with Gasteiger partial charge in [-0.25, -0.2) is 9.37 Å². The predicted octanol–water partition coefficient (Wildman–Crippen LogP) is 3.60. The standard InChI is InChI=1S/C23H23ClFN5O2S/c24-17-2-1-3-18(25)15(17)10-21(31)29-8-6-19-16(13-29)22(28-30(19)12-14-4-5-14)23(32)27-11-20-26-7-9-33-20/h1-3,7,9,14H,4-6,8,10-13H2,(H,27,32). The van der Waals surface area contributed by atoms with Crippen LogP contribution in [0.3, 0.4) is 0 Å². The fraction of sp³-hybridized carbons (Fsp3) is 0.391. The monoisotopic (exact) mass is 487 g/mol.